The van der Waals surface area contributed by atoms with Crippen molar-refractivity contribution in [2.75, 3.05) is 0 Å². The number of alkyl halides is 3. The molecule has 2 aromatic rings. The van der Waals surface area contributed by atoms with Gasteiger partial charge in [-0.2, -0.15) is 0 Å². The molecule has 2 rings (SSSR count). The number of benzene rings is 2. The van der Waals surface area contributed by atoms with Crippen LogP contribution in [0.15, 0.2) is 42.5 Å². The zero-order chi connectivity index (χ0) is 17.0. The molecule has 0 spiro atoms. The first-order valence-electron chi connectivity index (χ1n) is 7.42. The minimum atomic E-state index is -1.73. The molecule has 2 aromatic carbocycles. The van der Waals surface area contributed by atoms with E-state index in [1.165, 1.54) is 0 Å². The zero-order valence-electron chi connectivity index (χ0n) is 13.0. The molecule has 0 heterocycles. The minimum Gasteiger partial charge on any atom is -0.470 e. The van der Waals surface area contributed by atoms with Gasteiger partial charge in [0.15, 0.2) is 6.23 Å². The highest BCUT2D eigenvalue weighted by Gasteiger charge is 2.36. The SMILES string of the molecule is CC(C)C[C@@H](O)N[C@@H](Oc1cccc2ccccc12)C(Cl)(Cl)Cl. The summed E-state index contributed by atoms with van der Waals surface area (Å²) in [4.78, 5) is 0. The monoisotopic (exact) mass is 375 g/mol. The molecule has 0 amide bonds. The summed E-state index contributed by atoms with van der Waals surface area (Å²) < 4.78 is 4.15. The van der Waals surface area contributed by atoms with E-state index in [0.717, 1.165) is 10.8 Å². The second-order valence-corrected chi connectivity index (χ2v) is 8.20. The lowest BCUT2D eigenvalue weighted by atomic mass is 10.1. The highest BCUT2D eigenvalue weighted by Crippen LogP contribution is 2.34. The number of hydrogen-bond acceptors (Lipinski definition) is 3. The summed E-state index contributed by atoms with van der Waals surface area (Å²) >= 11 is 18.0. The van der Waals surface area contributed by atoms with Crippen molar-refractivity contribution in [3.63, 3.8) is 0 Å². The van der Waals surface area contributed by atoms with Gasteiger partial charge in [-0.1, -0.05) is 85.0 Å². The second kappa shape index (κ2) is 7.91. The Morgan fingerprint density at radius 2 is 1.74 bits per heavy atom. The molecule has 2 atom stereocenters. The molecule has 0 fully saturated rings. The van der Waals surface area contributed by atoms with Gasteiger partial charge in [-0.25, -0.2) is 0 Å². The Bertz CT molecular complexity index is 638. The Hall–Kier alpha value is -0.710. The molecule has 3 nitrogen and oxygen atoms in total. The number of ether oxygens (including phenoxy) is 1. The molecule has 23 heavy (non-hydrogen) atoms. The van der Waals surface area contributed by atoms with E-state index in [-0.39, 0.29) is 0 Å². The zero-order valence-corrected chi connectivity index (χ0v) is 15.2. The second-order valence-electron chi connectivity index (χ2n) is 5.83. The van der Waals surface area contributed by atoms with Crippen molar-refractivity contribution in [1.82, 2.24) is 5.32 Å². The fourth-order valence-corrected chi connectivity index (χ4v) is 2.63. The van der Waals surface area contributed by atoms with Crippen molar-refractivity contribution in [3.8, 4) is 5.75 Å². The van der Waals surface area contributed by atoms with E-state index >= 15 is 0 Å². The van der Waals surface area contributed by atoms with Gasteiger partial charge >= 0.3 is 0 Å². The van der Waals surface area contributed by atoms with Gasteiger partial charge in [0.25, 0.3) is 0 Å². The van der Waals surface area contributed by atoms with Gasteiger partial charge in [0.05, 0.1) is 0 Å². The highest BCUT2D eigenvalue weighted by atomic mass is 35.6. The van der Waals surface area contributed by atoms with Gasteiger partial charge in [0.1, 0.15) is 12.0 Å². The van der Waals surface area contributed by atoms with Crippen molar-refractivity contribution in [2.24, 2.45) is 5.92 Å². The van der Waals surface area contributed by atoms with Crippen LogP contribution in [0.3, 0.4) is 0 Å². The van der Waals surface area contributed by atoms with E-state index < -0.39 is 16.2 Å². The predicted molar refractivity (Wildman–Crippen MR) is 97.3 cm³/mol. The Morgan fingerprint density at radius 3 is 2.39 bits per heavy atom. The third-order valence-corrected chi connectivity index (χ3v) is 3.92. The first-order valence-corrected chi connectivity index (χ1v) is 8.56. The van der Waals surface area contributed by atoms with Crippen molar-refractivity contribution in [2.45, 2.75) is 36.5 Å². The van der Waals surface area contributed by atoms with Crippen LogP contribution in [0.5, 0.6) is 5.75 Å². The molecule has 6 heteroatoms. The maximum atomic E-state index is 10.1. The quantitative estimate of drug-likeness (QED) is 0.558. The van der Waals surface area contributed by atoms with E-state index in [0.29, 0.717) is 18.1 Å². The molecule has 0 aliphatic rings. The molecular formula is C17H20Cl3NO2. The molecule has 2 N–H and O–H groups in total. The molecular weight excluding hydrogens is 357 g/mol. The van der Waals surface area contributed by atoms with Gasteiger partial charge in [-0.15, -0.1) is 0 Å². The lowest BCUT2D eigenvalue weighted by molar-refractivity contribution is 0.0458. The fraction of sp³-hybridized carbons (Fsp3) is 0.412. The van der Waals surface area contributed by atoms with Crippen LogP contribution < -0.4 is 10.1 Å². The Labute approximate surface area is 151 Å². The Balaban J connectivity index is 2.23. The molecule has 0 saturated carbocycles. The maximum absolute atomic E-state index is 10.1. The smallest absolute Gasteiger partial charge is 0.240 e. The van der Waals surface area contributed by atoms with E-state index in [4.69, 9.17) is 39.5 Å². The summed E-state index contributed by atoms with van der Waals surface area (Å²) in [5.41, 5.74) is 0. The van der Waals surface area contributed by atoms with Gasteiger partial charge in [-0.3, -0.25) is 5.32 Å². The topological polar surface area (TPSA) is 41.5 Å². The van der Waals surface area contributed by atoms with Crippen molar-refractivity contribution < 1.29 is 9.84 Å². The van der Waals surface area contributed by atoms with Crippen LogP contribution in [-0.2, 0) is 0 Å². The molecule has 0 aromatic heterocycles. The number of nitrogens with one attached hydrogen (secondary N) is 1. The fourth-order valence-electron chi connectivity index (χ4n) is 2.31. The van der Waals surface area contributed by atoms with Crippen molar-refractivity contribution in [3.05, 3.63) is 42.5 Å². The van der Waals surface area contributed by atoms with Crippen LogP contribution in [0, 0.1) is 5.92 Å². The van der Waals surface area contributed by atoms with Crippen LogP contribution in [0.25, 0.3) is 10.8 Å². The van der Waals surface area contributed by atoms with E-state index in [2.05, 4.69) is 5.32 Å². The summed E-state index contributed by atoms with van der Waals surface area (Å²) in [6.07, 6.45) is -1.28. The molecule has 0 unspecified atom stereocenters. The van der Waals surface area contributed by atoms with Crippen molar-refractivity contribution in [1.29, 1.82) is 0 Å². The molecule has 126 valence electrons. The average Bonchev–Trinajstić information content (AvgIpc) is 2.45. The first kappa shape index (κ1) is 18.6. The maximum Gasteiger partial charge on any atom is 0.240 e. The lowest BCUT2D eigenvalue weighted by Crippen LogP contribution is -2.50. The number of aliphatic hydroxyl groups excluding tert-OH is 1. The van der Waals surface area contributed by atoms with Gasteiger partial charge in [0, 0.05) is 5.39 Å². The minimum absolute atomic E-state index is 0.297. The molecule has 0 bridgehead atoms. The standard InChI is InChI=1S/C17H20Cl3NO2/c1-11(2)10-15(22)21-16(17(18,19)20)23-14-9-5-7-12-6-3-4-8-13(12)14/h3-9,11,15-16,21-22H,10H2,1-2H3/t15-,16+/m1/s1. The third kappa shape index (κ3) is 5.40. The molecule has 0 aliphatic carbocycles. The third-order valence-electron chi connectivity index (χ3n) is 3.33. The molecule has 0 saturated heterocycles. The number of aliphatic hydroxyl groups is 1. The van der Waals surface area contributed by atoms with Gasteiger partial charge in [0.2, 0.25) is 3.79 Å². The van der Waals surface area contributed by atoms with Crippen LogP contribution in [0.1, 0.15) is 20.3 Å². The summed E-state index contributed by atoms with van der Waals surface area (Å²) in [7, 11) is 0. The predicted octanol–water partition coefficient (Wildman–Crippen LogP) is 4.87. The Kier molecular flexibility index (Phi) is 6.40. The van der Waals surface area contributed by atoms with Gasteiger partial charge in [-0.05, 0) is 23.8 Å². The number of halogens is 3. The lowest BCUT2D eigenvalue weighted by Gasteiger charge is -2.29. The van der Waals surface area contributed by atoms with Gasteiger partial charge < -0.3 is 9.84 Å². The highest BCUT2D eigenvalue weighted by molar-refractivity contribution is 6.68. The Morgan fingerprint density at radius 1 is 1.09 bits per heavy atom. The number of fused-ring (bicyclic) bond motifs is 1. The molecule has 0 radical (unpaired) electrons. The summed E-state index contributed by atoms with van der Waals surface area (Å²) in [5.74, 6) is 0.884. The van der Waals surface area contributed by atoms with E-state index in [9.17, 15) is 5.11 Å². The normalized spacial score (nSPS) is 14.9. The largest absolute Gasteiger partial charge is 0.470 e. The van der Waals surface area contributed by atoms with Crippen LogP contribution >= 0.6 is 34.8 Å². The molecule has 0 aliphatic heterocycles. The first-order chi connectivity index (χ1) is 10.8. The summed E-state index contributed by atoms with van der Waals surface area (Å²) in [6, 6.07) is 13.4. The number of hydrogen-bond donors (Lipinski definition) is 2. The van der Waals surface area contributed by atoms with E-state index in [1.807, 2.05) is 56.3 Å². The average molecular weight is 377 g/mol. The van der Waals surface area contributed by atoms with Crippen LogP contribution in [-0.4, -0.2) is 21.4 Å². The summed E-state index contributed by atoms with van der Waals surface area (Å²) in [6.45, 7) is 4.00. The number of rotatable bonds is 6. The van der Waals surface area contributed by atoms with E-state index in [1.54, 1.807) is 0 Å². The van der Waals surface area contributed by atoms with Crippen LogP contribution in [0.4, 0.5) is 0 Å². The van der Waals surface area contributed by atoms with Crippen molar-refractivity contribution >= 4 is 45.6 Å². The van der Waals surface area contributed by atoms with Crippen LogP contribution in [0.2, 0.25) is 0 Å². The summed E-state index contributed by atoms with van der Waals surface area (Å²) in [5, 5.41) is 14.9.